The van der Waals surface area contributed by atoms with Crippen molar-refractivity contribution < 1.29 is 20.1 Å². The predicted molar refractivity (Wildman–Crippen MR) is 141 cm³/mol. The van der Waals surface area contributed by atoms with Crippen LogP contribution in [0, 0.1) is 5.82 Å². The van der Waals surface area contributed by atoms with E-state index in [1.807, 2.05) is 49.4 Å². The number of amides is 1. The van der Waals surface area contributed by atoms with Gasteiger partial charge in [-0.2, -0.15) is 0 Å². The zero-order chi connectivity index (χ0) is 25.2. The van der Waals surface area contributed by atoms with Crippen LogP contribution in [0.1, 0.15) is 24.4 Å². The number of aromatic amines is 1. The van der Waals surface area contributed by atoms with Crippen LogP contribution in [-0.2, 0) is 6.42 Å². The molecule has 4 aromatic rings. The monoisotopic (exact) mass is 490 g/mol. The zero-order valence-corrected chi connectivity index (χ0v) is 20.7. The zero-order valence-electron chi connectivity index (χ0n) is 20.7. The molecular formula is C28H31FN4O3. The van der Waals surface area contributed by atoms with Gasteiger partial charge in [0.1, 0.15) is 17.3 Å². The number of nitrogens with one attached hydrogen (secondary N) is 1. The predicted octanol–water partition coefficient (Wildman–Crippen LogP) is 5.16. The molecule has 0 unspecified atom stereocenters. The molecule has 0 aliphatic carbocycles. The summed E-state index contributed by atoms with van der Waals surface area (Å²) in [6, 6.07) is 15.0. The van der Waals surface area contributed by atoms with Gasteiger partial charge in [0.25, 0.3) is 5.91 Å². The molecule has 2 aromatic heterocycles. The fourth-order valence-electron chi connectivity index (χ4n) is 4.85. The number of nitrogens with zero attached hydrogens (tertiary/aromatic N) is 3. The Hall–Kier alpha value is -4.07. The summed E-state index contributed by atoms with van der Waals surface area (Å²) in [7, 11) is 3.24. The van der Waals surface area contributed by atoms with E-state index >= 15 is 4.39 Å². The number of carbonyl (C=O) groups is 1. The number of aromatic nitrogens is 2. The number of carbonyl (C=O) groups excluding carboxylic acids is 1. The van der Waals surface area contributed by atoms with Crippen molar-refractivity contribution in [3.8, 4) is 22.6 Å². The van der Waals surface area contributed by atoms with Crippen molar-refractivity contribution in [2.75, 3.05) is 45.3 Å². The van der Waals surface area contributed by atoms with Gasteiger partial charge >= 0.3 is 0 Å². The van der Waals surface area contributed by atoms with Gasteiger partial charge in [-0.05, 0) is 47.9 Å². The van der Waals surface area contributed by atoms with Crippen molar-refractivity contribution >= 4 is 22.6 Å². The molecule has 1 fully saturated rings. The summed E-state index contributed by atoms with van der Waals surface area (Å²) in [5, 5.41) is 0.661. The van der Waals surface area contributed by atoms with E-state index < -0.39 is 0 Å². The van der Waals surface area contributed by atoms with E-state index in [4.69, 9.17) is 9.47 Å². The average molecular weight is 491 g/mol. The molecule has 0 atom stereocenters. The first-order valence-corrected chi connectivity index (χ1v) is 12.1. The minimum Gasteiger partial charge on any atom is -0.496 e. The molecule has 0 bridgehead atoms. The number of hydrogen-bond acceptors (Lipinski definition) is 5. The number of pyridine rings is 1. The molecule has 1 N–H and O–H groups in total. The van der Waals surface area contributed by atoms with E-state index in [1.165, 1.54) is 0 Å². The lowest BCUT2D eigenvalue weighted by molar-refractivity contribution is 0.0741. The average Bonchev–Trinajstić information content (AvgIpc) is 3.39. The largest absolute Gasteiger partial charge is 0.496 e. The summed E-state index contributed by atoms with van der Waals surface area (Å²) < 4.78 is 26.4. The fourth-order valence-corrected chi connectivity index (χ4v) is 4.85. The van der Waals surface area contributed by atoms with Crippen LogP contribution in [0.15, 0.2) is 54.7 Å². The second-order valence-electron chi connectivity index (χ2n) is 8.73. The van der Waals surface area contributed by atoms with Gasteiger partial charge in [0, 0.05) is 44.8 Å². The molecule has 2 aromatic carbocycles. The lowest BCUT2D eigenvalue weighted by Gasteiger charge is -2.35. The Morgan fingerprint density at radius 1 is 1.03 bits per heavy atom. The van der Waals surface area contributed by atoms with E-state index in [0.717, 1.165) is 16.9 Å². The summed E-state index contributed by atoms with van der Waals surface area (Å²) in [6.07, 6.45) is 2.27. The summed E-state index contributed by atoms with van der Waals surface area (Å²) >= 11 is 0. The highest BCUT2D eigenvalue weighted by Crippen LogP contribution is 2.38. The Morgan fingerprint density at radius 3 is 2.47 bits per heavy atom. The van der Waals surface area contributed by atoms with Gasteiger partial charge in [0.05, 0.1) is 19.7 Å². The highest BCUT2D eigenvalue weighted by atomic mass is 19.1. The summed E-state index contributed by atoms with van der Waals surface area (Å²) in [4.78, 5) is 24.9. The van der Waals surface area contributed by atoms with Crippen LogP contribution in [-0.4, -0.2) is 61.2 Å². The van der Waals surface area contributed by atoms with Crippen molar-refractivity contribution in [3.05, 3.63) is 71.8 Å². The summed E-state index contributed by atoms with van der Waals surface area (Å²) in [5.74, 6) is 1.70. The van der Waals surface area contributed by atoms with E-state index in [1.54, 1.807) is 31.4 Å². The van der Waals surface area contributed by atoms with Gasteiger partial charge in [-0.15, -0.1) is 0 Å². The second kappa shape index (κ2) is 9.89. The molecule has 1 saturated heterocycles. The molecule has 0 saturated carbocycles. The number of rotatable bonds is 6. The molecular weight excluding hydrogens is 459 g/mol. The fraction of sp³-hybridized carbons (Fsp3) is 0.286. The number of methoxy groups -OCH3 is 2. The maximum Gasteiger partial charge on any atom is 0.270 e. The highest BCUT2D eigenvalue weighted by Gasteiger charge is 2.27. The van der Waals surface area contributed by atoms with Crippen molar-refractivity contribution in [1.82, 2.24) is 14.9 Å². The number of anilines is 1. The number of para-hydroxylation sites is 1. The van der Waals surface area contributed by atoms with Crippen LogP contribution in [0.2, 0.25) is 0 Å². The normalized spacial score (nSPS) is 13.8. The van der Waals surface area contributed by atoms with Crippen molar-refractivity contribution in [2.24, 2.45) is 0 Å². The molecule has 1 aliphatic rings. The topological polar surface area (TPSA) is 70.7 Å². The number of fused-ring (bicyclic) bond motifs is 1. The minimum absolute atomic E-state index is 0. The molecule has 0 spiro atoms. The number of aryl methyl sites for hydroxylation is 1. The van der Waals surface area contributed by atoms with Gasteiger partial charge in [-0.25, -0.2) is 9.37 Å². The first-order valence-electron chi connectivity index (χ1n) is 12.1. The molecule has 1 aliphatic heterocycles. The van der Waals surface area contributed by atoms with E-state index in [-0.39, 0.29) is 13.2 Å². The molecule has 1 amide bonds. The number of halogens is 1. The molecule has 7 nitrogen and oxygen atoms in total. The van der Waals surface area contributed by atoms with E-state index in [2.05, 4.69) is 14.9 Å². The number of piperazine rings is 1. The standard InChI is InChI=1S/C28H29FN4O3.H2/c1-4-18-16-20(19-8-5-6-9-23(19)35-2)21-17-22(31-26(21)25(18)29)28(34)33-14-12-32(13-15-33)27-24(36-3)10-7-11-30-27;/h5-11,16-17,31H,4,12-15H2,1-3H3;1H. The van der Waals surface area contributed by atoms with E-state index in [0.29, 0.717) is 66.3 Å². The number of hydrogen-bond donors (Lipinski definition) is 1. The molecule has 188 valence electrons. The highest BCUT2D eigenvalue weighted by molar-refractivity contribution is 6.04. The minimum atomic E-state index is -0.322. The third kappa shape index (κ3) is 4.12. The van der Waals surface area contributed by atoms with E-state index in [9.17, 15) is 4.79 Å². The Bertz CT molecular complexity index is 1420. The Kier molecular flexibility index (Phi) is 6.50. The summed E-state index contributed by atoms with van der Waals surface area (Å²) in [5.41, 5.74) is 2.99. The van der Waals surface area contributed by atoms with Crippen molar-refractivity contribution in [3.63, 3.8) is 0 Å². The smallest absolute Gasteiger partial charge is 0.270 e. The third-order valence-corrected chi connectivity index (χ3v) is 6.77. The third-order valence-electron chi connectivity index (χ3n) is 6.77. The second-order valence-corrected chi connectivity index (χ2v) is 8.73. The van der Waals surface area contributed by atoms with Crippen LogP contribution in [0.3, 0.4) is 0 Å². The lowest BCUT2D eigenvalue weighted by Crippen LogP contribution is -2.49. The Morgan fingerprint density at radius 2 is 1.75 bits per heavy atom. The SMILES string of the molecule is CCc1cc(-c2ccccc2OC)c2cc(C(=O)N3CCN(c4ncccc4OC)CC3)[nH]c2c1F.[HH]. The van der Waals surface area contributed by atoms with Crippen LogP contribution >= 0.6 is 0 Å². The first kappa shape index (κ1) is 23.7. The molecule has 5 rings (SSSR count). The Balaban J connectivity index is 0.00000320. The van der Waals surface area contributed by atoms with Crippen LogP contribution in [0.25, 0.3) is 22.0 Å². The molecule has 36 heavy (non-hydrogen) atoms. The molecule has 3 heterocycles. The van der Waals surface area contributed by atoms with Crippen molar-refractivity contribution in [1.29, 1.82) is 0 Å². The quantitative estimate of drug-likeness (QED) is 0.404. The summed E-state index contributed by atoms with van der Waals surface area (Å²) in [6.45, 7) is 4.22. The maximum absolute atomic E-state index is 15.4. The van der Waals surface area contributed by atoms with Crippen molar-refractivity contribution in [2.45, 2.75) is 13.3 Å². The molecule has 8 heteroatoms. The Labute approximate surface area is 210 Å². The van der Waals surface area contributed by atoms with Crippen LogP contribution < -0.4 is 14.4 Å². The molecule has 0 radical (unpaired) electrons. The van der Waals surface area contributed by atoms with Gasteiger partial charge in [0.2, 0.25) is 0 Å². The van der Waals surface area contributed by atoms with Gasteiger partial charge in [-0.3, -0.25) is 4.79 Å². The maximum atomic E-state index is 15.4. The number of benzene rings is 2. The van der Waals surface area contributed by atoms with Crippen LogP contribution in [0.5, 0.6) is 11.5 Å². The number of H-pyrrole nitrogens is 1. The van der Waals surface area contributed by atoms with Gasteiger partial charge < -0.3 is 24.3 Å². The lowest BCUT2D eigenvalue weighted by atomic mass is 9.96. The van der Waals surface area contributed by atoms with Crippen LogP contribution in [0.4, 0.5) is 10.2 Å². The van der Waals surface area contributed by atoms with Gasteiger partial charge in [-0.1, -0.05) is 25.1 Å². The van der Waals surface area contributed by atoms with Gasteiger partial charge in [0.15, 0.2) is 11.6 Å². The number of ether oxygens (including phenoxy) is 2. The first-order chi connectivity index (χ1) is 17.5.